The first-order chi connectivity index (χ1) is 7.66. The second-order valence-electron chi connectivity index (χ2n) is 3.89. The third-order valence-electron chi connectivity index (χ3n) is 2.71. The second-order valence-corrected chi connectivity index (χ2v) is 6.15. The smallest absolute Gasteiger partial charge is 0.258 e. The summed E-state index contributed by atoms with van der Waals surface area (Å²) in [4.78, 5) is 11.4. The van der Waals surface area contributed by atoms with E-state index >= 15 is 0 Å². The van der Waals surface area contributed by atoms with Crippen LogP contribution >= 0.6 is 27.7 Å². The maximum absolute atomic E-state index is 10.9. The molecule has 1 aromatic rings. The number of hydrogen-bond donors (Lipinski definition) is 0. The first-order valence-corrected chi connectivity index (χ1v) is 6.94. The molecule has 1 aromatic carbocycles. The molecule has 0 heterocycles. The van der Waals surface area contributed by atoms with Crippen LogP contribution in [-0.4, -0.2) is 10.2 Å². The zero-order valence-electron chi connectivity index (χ0n) is 8.69. The summed E-state index contributed by atoms with van der Waals surface area (Å²) in [5.41, 5.74) is 0.214. The molecule has 0 aromatic heterocycles. The summed E-state index contributed by atoms with van der Waals surface area (Å²) in [5.74, 6) is 0. The minimum atomic E-state index is -0.304. The highest BCUT2D eigenvalue weighted by atomic mass is 79.9. The van der Waals surface area contributed by atoms with Gasteiger partial charge in [-0.3, -0.25) is 10.1 Å². The van der Waals surface area contributed by atoms with Gasteiger partial charge in [-0.1, -0.05) is 28.8 Å². The van der Waals surface area contributed by atoms with Gasteiger partial charge in [0.25, 0.3) is 5.69 Å². The van der Waals surface area contributed by atoms with Crippen LogP contribution in [0.4, 0.5) is 5.69 Å². The molecule has 16 heavy (non-hydrogen) atoms. The molecule has 1 aliphatic rings. The van der Waals surface area contributed by atoms with Crippen molar-refractivity contribution in [1.82, 2.24) is 0 Å². The number of nitro groups is 1. The van der Waals surface area contributed by atoms with Crippen molar-refractivity contribution in [2.24, 2.45) is 0 Å². The monoisotopic (exact) mass is 301 g/mol. The van der Waals surface area contributed by atoms with Gasteiger partial charge < -0.3 is 0 Å². The molecule has 2 rings (SSSR count). The van der Waals surface area contributed by atoms with Gasteiger partial charge in [-0.25, -0.2) is 0 Å². The van der Waals surface area contributed by atoms with E-state index in [1.807, 2.05) is 12.1 Å². The largest absolute Gasteiger partial charge is 0.284 e. The average Bonchev–Trinajstić information content (AvgIpc) is 2.73. The molecule has 3 nitrogen and oxygen atoms in total. The fourth-order valence-corrected chi connectivity index (χ4v) is 3.60. The molecule has 0 radical (unpaired) electrons. The van der Waals surface area contributed by atoms with E-state index in [4.69, 9.17) is 0 Å². The average molecular weight is 302 g/mol. The van der Waals surface area contributed by atoms with Crippen molar-refractivity contribution in [2.75, 3.05) is 0 Å². The van der Waals surface area contributed by atoms with Gasteiger partial charge in [-0.2, -0.15) is 0 Å². The van der Waals surface area contributed by atoms with Crippen LogP contribution in [-0.2, 0) is 0 Å². The standard InChI is InChI=1S/C11H12BrNO2S/c12-8-5-6-11(10(7-8)13(14)15)16-9-3-1-2-4-9/h5-7,9H,1-4H2. The van der Waals surface area contributed by atoms with E-state index in [-0.39, 0.29) is 10.6 Å². The van der Waals surface area contributed by atoms with Crippen molar-refractivity contribution in [3.8, 4) is 0 Å². The molecule has 0 atom stereocenters. The van der Waals surface area contributed by atoms with Crippen LogP contribution < -0.4 is 0 Å². The third-order valence-corrected chi connectivity index (χ3v) is 4.61. The zero-order chi connectivity index (χ0) is 11.5. The number of hydrogen-bond acceptors (Lipinski definition) is 3. The molecule has 0 aliphatic heterocycles. The fourth-order valence-electron chi connectivity index (χ4n) is 1.92. The SMILES string of the molecule is O=[N+]([O-])c1cc(Br)ccc1SC1CCCC1. The van der Waals surface area contributed by atoms with Crippen LogP contribution in [0.2, 0.25) is 0 Å². The summed E-state index contributed by atoms with van der Waals surface area (Å²) < 4.78 is 0.759. The van der Waals surface area contributed by atoms with E-state index in [0.29, 0.717) is 5.25 Å². The van der Waals surface area contributed by atoms with Crippen molar-refractivity contribution >= 4 is 33.4 Å². The highest BCUT2D eigenvalue weighted by Gasteiger charge is 2.21. The number of halogens is 1. The first kappa shape index (κ1) is 11.9. The van der Waals surface area contributed by atoms with Gasteiger partial charge in [0.2, 0.25) is 0 Å². The Labute approximate surface area is 107 Å². The van der Waals surface area contributed by atoms with Gasteiger partial charge in [0.05, 0.1) is 9.82 Å². The van der Waals surface area contributed by atoms with Crippen LogP contribution in [0.15, 0.2) is 27.6 Å². The van der Waals surface area contributed by atoms with Crippen LogP contribution in [0, 0.1) is 10.1 Å². The van der Waals surface area contributed by atoms with Crippen LogP contribution in [0.5, 0.6) is 0 Å². The maximum Gasteiger partial charge on any atom is 0.284 e. The van der Waals surface area contributed by atoms with Gasteiger partial charge >= 0.3 is 0 Å². The van der Waals surface area contributed by atoms with E-state index < -0.39 is 0 Å². The van der Waals surface area contributed by atoms with Crippen molar-refractivity contribution in [1.29, 1.82) is 0 Å². The van der Waals surface area contributed by atoms with E-state index in [9.17, 15) is 10.1 Å². The van der Waals surface area contributed by atoms with Gasteiger partial charge in [0, 0.05) is 15.8 Å². The normalized spacial score (nSPS) is 16.6. The summed E-state index contributed by atoms with van der Waals surface area (Å²) >= 11 is 4.92. The highest BCUT2D eigenvalue weighted by Crippen LogP contribution is 2.39. The molecule has 0 amide bonds. The fraction of sp³-hybridized carbons (Fsp3) is 0.455. The lowest BCUT2D eigenvalue weighted by Crippen LogP contribution is -1.97. The number of rotatable bonds is 3. The van der Waals surface area contributed by atoms with Crippen molar-refractivity contribution in [2.45, 2.75) is 35.8 Å². The Hall–Kier alpha value is -0.550. The molecule has 0 saturated heterocycles. The minimum absolute atomic E-state index is 0.214. The van der Waals surface area contributed by atoms with E-state index in [1.54, 1.807) is 17.8 Å². The van der Waals surface area contributed by atoms with Crippen LogP contribution in [0.1, 0.15) is 25.7 Å². The molecule has 1 saturated carbocycles. The van der Waals surface area contributed by atoms with E-state index in [2.05, 4.69) is 15.9 Å². The Bertz CT molecular complexity index is 405. The Kier molecular flexibility index (Phi) is 3.86. The topological polar surface area (TPSA) is 43.1 Å². The maximum atomic E-state index is 10.9. The molecule has 0 bridgehead atoms. The molecule has 5 heteroatoms. The molecule has 0 spiro atoms. The number of thioether (sulfide) groups is 1. The number of nitrogens with zero attached hydrogens (tertiary/aromatic N) is 1. The van der Waals surface area contributed by atoms with Gasteiger partial charge in [-0.15, -0.1) is 11.8 Å². The third kappa shape index (κ3) is 2.77. The Morgan fingerprint density at radius 2 is 2.06 bits per heavy atom. The lowest BCUT2D eigenvalue weighted by atomic mass is 10.3. The minimum Gasteiger partial charge on any atom is -0.258 e. The summed E-state index contributed by atoms with van der Waals surface area (Å²) in [6, 6.07) is 5.28. The van der Waals surface area contributed by atoms with Crippen molar-refractivity contribution in [3.63, 3.8) is 0 Å². The summed E-state index contributed by atoms with van der Waals surface area (Å²) in [7, 11) is 0. The number of nitro benzene ring substituents is 1. The zero-order valence-corrected chi connectivity index (χ0v) is 11.1. The van der Waals surface area contributed by atoms with Gasteiger partial charge in [0.15, 0.2) is 0 Å². The second kappa shape index (κ2) is 5.19. The molecule has 0 N–H and O–H groups in total. The quantitative estimate of drug-likeness (QED) is 0.614. The summed E-state index contributed by atoms with van der Waals surface area (Å²) in [5, 5.41) is 11.5. The Morgan fingerprint density at radius 3 is 2.69 bits per heavy atom. The first-order valence-electron chi connectivity index (χ1n) is 5.27. The Balaban J connectivity index is 2.21. The molecule has 86 valence electrons. The van der Waals surface area contributed by atoms with E-state index in [1.165, 1.54) is 25.7 Å². The van der Waals surface area contributed by atoms with Gasteiger partial charge in [-0.05, 0) is 25.0 Å². The molecule has 1 aliphatic carbocycles. The van der Waals surface area contributed by atoms with E-state index in [0.717, 1.165) is 9.37 Å². The molecule has 1 fully saturated rings. The molecule has 0 unspecified atom stereocenters. The van der Waals surface area contributed by atoms with Crippen LogP contribution in [0.25, 0.3) is 0 Å². The molecular formula is C11H12BrNO2S. The lowest BCUT2D eigenvalue weighted by Gasteiger charge is -2.08. The van der Waals surface area contributed by atoms with Crippen LogP contribution in [0.3, 0.4) is 0 Å². The Morgan fingerprint density at radius 1 is 1.38 bits per heavy atom. The van der Waals surface area contributed by atoms with Crippen molar-refractivity contribution < 1.29 is 4.92 Å². The predicted molar refractivity (Wildman–Crippen MR) is 68.9 cm³/mol. The predicted octanol–water partition coefficient (Wildman–Crippen LogP) is 4.39. The van der Waals surface area contributed by atoms with Gasteiger partial charge in [0.1, 0.15) is 0 Å². The molecular weight excluding hydrogens is 290 g/mol. The van der Waals surface area contributed by atoms with Crippen molar-refractivity contribution in [3.05, 3.63) is 32.8 Å². The highest BCUT2D eigenvalue weighted by molar-refractivity contribution is 9.10. The lowest BCUT2D eigenvalue weighted by molar-refractivity contribution is -0.387. The summed E-state index contributed by atoms with van der Waals surface area (Å²) in [6.07, 6.45) is 4.86. The number of benzene rings is 1. The summed E-state index contributed by atoms with van der Waals surface area (Å²) in [6.45, 7) is 0.